The Morgan fingerprint density at radius 2 is 2.15 bits per heavy atom. The van der Waals surface area contributed by atoms with E-state index in [2.05, 4.69) is 37.4 Å². The first-order valence-electron chi connectivity index (χ1n) is 6.57. The maximum Gasteiger partial charge on any atom is 0.113 e. The number of imidazole rings is 1. The average Bonchev–Trinajstić information content (AvgIpc) is 2.87. The molecule has 0 saturated carbocycles. The minimum Gasteiger partial charge on any atom is -0.396 e. The van der Waals surface area contributed by atoms with Gasteiger partial charge in [-0.15, -0.1) is 0 Å². The normalized spacial score (nSPS) is 11.1. The first-order chi connectivity index (χ1) is 9.70. The van der Waals surface area contributed by atoms with E-state index >= 15 is 0 Å². The molecule has 2 heterocycles. The van der Waals surface area contributed by atoms with Gasteiger partial charge >= 0.3 is 0 Å². The van der Waals surface area contributed by atoms with E-state index in [9.17, 15) is 0 Å². The summed E-state index contributed by atoms with van der Waals surface area (Å²) in [6.45, 7) is 2.14. The fourth-order valence-electron chi connectivity index (χ4n) is 2.38. The van der Waals surface area contributed by atoms with Crippen molar-refractivity contribution in [3.8, 4) is 5.69 Å². The van der Waals surface area contributed by atoms with E-state index in [1.165, 1.54) is 0 Å². The molecule has 0 radical (unpaired) electrons. The predicted octanol–water partition coefficient (Wildman–Crippen LogP) is 3.72. The minimum atomic E-state index is 0.658. The van der Waals surface area contributed by atoms with Crippen molar-refractivity contribution in [2.75, 3.05) is 5.73 Å². The minimum absolute atomic E-state index is 0.658. The second-order valence-electron chi connectivity index (χ2n) is 4.69. The molecule has 0 amide bonds. The maximum atomic E-state index is 6.17. The average molecular weight is 331 g/mol. The molecule has 0 bridgehead atoms. The van der Waals surface area contributed by atoms with Crippen LogP contribution >= 0.6 is 15.9 Å². The van der Waals surface area contributed by atoms with Crippen LogP contribution in [0.25, 0.3) is 16.6 Å². The van der Waals surface area contributed by atoms with Crippen LogP contribution in [0.15, 0.2) is 41.3 Å². The molecule has 0 unspecified atom stereocenters. The summed E-state index contributed by atoms with van der Waals surface area (Å²) in [6, 6.07) is 6.01. The molecule has 1 aromatic carbocycles. The van der Waals surface area contributed by atoms with Crippen LogP contribution in [-0.2, 0) is 6.42 Å². The molecule has 0 aliphatic carbocycles. The summed E-state index contributed by atoms with van der Waals surface area (Å²) >= 11 is 3.51. The second-order valence-corrected chi connectivity index (χ2v) is 5.60. The molecule has 5 heteroatoms. The van der Waals surface area contributed by atoms with Gasteiger partial charge in [0.1, 0.15) is 5.82 Å². The van der Waals surface area contributed by atoms with Crippen LogP contribution in [0.1, 0.15) is 19.2 Å². The third-order valence-electron chi connectivity index (χ3n) is 3.26. The predicted molar refractivity (Wildman–Crippen MR) is 85.0 cm³/mol. The summed E-state index contributed by atoms with van der Waals surface area (Å²) in [4.78, 5) is 8.82. The molecule has 3 rings (SSSR count). The smallest absolute Gasteiger partial charge is 0.113 e. The molecule has 0 aliphatic heterocycles. The Morgan fingerprint density at radius 1 is 1.30 bits per heavy atom. The number of pyridine rings is 1. The first-order valence-corrected chi connectivity index (χ1v) is 7.36. The van der Waals surface area contributed by atoms with Gasteiger partial charge in [0.2, 0.25) is 0 Å². The number of halogens is 1. The number of rotatable bonds is 3. The SMILES string of the molecule is CCCc1nccn1-c1c(N)cnc2ccc(Br)cc12. The maximum absolute atomic E-state index is 6.17. The zero-order valence-electron chi connectivity index (χ0n) is 11.2. The fraction of sp³-hybridized carbons (Fsp3) is 0.200. The molecule has 0 saturated heterocycles. The fourth-order valence-corrected chi connectivity index (χ4v) is 2.74. The van der Waals surface area contributed by atoms with Gasteiger partial charge in [-0.05, 0) is 24.6 Å². The number of hydrogen-bond donors (Lipinski definition) is 1. The van der Waals surface area contributed by atoms with Crippen molar-refractivity contribution in [2.24, 2.45) is 0 Å². The topological polar surface area (TPSA) is 56.7 Å². The van der Waals surface area contributed by atoms with Crippen molar-refractivity contribution in [3.63, 3.8) is 0 Å². The number of hydrogen-bond acceptors (Lipinski definition) is 3. The number of aryl methyl sites for hydroxylation is 1. The lowest BCUT2D eigenvalue weighted by atomic mass is 10.1. The quantitative estimate of drug-likeness (QED) is 0.796. The van der Waals surface area contributed by atoms with Crippen molar-refractivity contribution in [1.29, 1.82) is 0 Å². The van der Waals surface area contributed by atoms with Crippen molar-refractivity contribution < 1.29 is 0 Å². The lowest BCUT2D eigenvalue weighted by Crippen LogP contribution is -2.05. The van der Waals surface area contributed by atoms with E-state index in [1.54, 1.807) is 6.20 Å². The summed E-state index contributed by atoms with van der Waals surface area (Å²) in [5.41, 5.74) is 8.71. The molecule has 102 valence electrons. The summed E-state index contributed by atoms with van der Waals surface area (Å²) in [7, 11) is 0. The van der Waals surface area contributed by atoms with Gasteiger partial charge in [-0.3, -0.25) is 4.98 Å². The molecule has 4 nitrogen and oxygen atoms in total. The number of nitrogens with zero attached hydrogens (tertiary/aromatic N) is 3. The van der Waals surface area contributed by atoms with Gasteiger partial charge in [0.05, 0.1) is 23.1 Å². The van der Waals surface area contributed by atoms with Gasteiger partial charge in [0.15, 0.2) is 0 Å². The third-order valence-corrected chi connectivity index (χ3v) is 3.76. The Balaban J connectivity index is 2.31. The highest BCUT2D eigenvalue weighted by Gasteiger charge is 2.12. The second kappa shape index (κ2) is 5.25. The van der Waals surface area contributed by atoms with Crippen LogP contribution in [0.3, 0.4) is 0 Å². The molecule has 0 atom stereocenters. The third kappa shape index (κ3) is 2.18. The van der Waals surface area contributed by atoms with E-state index in [0.29, 0.717) is 5.69 Å². The van der Waals surface area contributed by atoms with E-state index in [4.69, 9.17) is 5.73 Å². The number of nitrogen functional groups attached to an aromatic ring is 1. The van der Waals surface area contributed by atoms with E-state index in [-0.39, 0.29) is 0 Å². The summed E-state index contributed by atoms with van der Waals surface area (Å²) in [5.74, 6) is 1.02. The van der Waals surface area contributed by atoms with Gasteiger partial charge in [-0.25, -0.2) is 4.98 Å². The molecule has 0 fully saturated rings. The molecule has 20 heavy (non-hydrogen) atoms. The standard InChI is InChI=1S/C15H15BrN4/c1-2-3-14-18-6-7-20(14)15-11-8-10(16)4-5-13(11)19-9-12(15)17/h4-9H,2-3,17H2,1H3. The van der Waals surface area contributed by atoms with Crippen LogP contribution < -0.4 is 5.73 Å². The van der Waals surface area contributed by atoms with E-state index in [0.717, 1.165) is 39.7 Å². The molecule has 2 aromatic heterocycles. The molecule has 0 aliphatic rings. The zero-order chi connectivity index (χ0) is 14.1. The molecule has 0 spiro atoms. The molecular formula is C15H15BrN4. The van der Waals surface area contributed by atoms with Crippen molar-refractivity contribution >= 4 is 32.5 Å². The summed E-state index contributed by atoms with van der Waals surface area (Å²) in [5, 5.41) is 1.02. The summed E-state index contributed by atoms with van der Waals surface area (Å²) < 4.78 is 3.07. The first kappa shape index (κ1) is 13.1. The molecule has 3 aromatic rings. The Morgan fingerprint density at radius 3 is 2.95 bits per heavy atom. The monoisotopic (exact) mass is 330 g/mol. The lowest BCUT2D eigenvalue weighted by molar-refractivity contribution is 0.812. The number of anilines is 1. The zero-order valence-corrected chi connectivity index (χ0v) is 12.8. The van der Waals surface area contributed by atoms with Crippen LogP contribution in [0.4, 0.5) is 5.69 Å². The Hall–Kier alpha value is -1.88. The van der Waals surface area contributed by atoms with E-state index in [1.807, 2.05) is 30.6 Å². The van der Waals surface area contributed by atoms with Gasteiger partial charge < -0.3 is 10.3 Å². The van der Waals surface area contributed by atoms with Crippen LogP contribution in [0.5, 0.6) is 0 Å². The molecule has 2 N–H and O–H groups in total. The largest absolute Gasteiger partial charge is 0.396 e. The van der Waals surface area contributed by atoms with Gasteiger partial charge in [-0.1, -0.05) is 22.9 Å². The van der Waals surface area contributed by atoms with Crippen LogP contribution in [0.2, 0.25) is 0 Å². The molecular weight excluding hydrogens is 316 g/mol. The highest BCUT2D eigenvalue weighted by Crippen LogP contribution is 2.29. The lowest BCUT2D eigenvalue weighted by Gasteiger charge is -2.13. The Kier molecular flexibility index (Phi) is 3.44. The number of fused-ring (bicyclic) bond motifs is 1. The number of nitrogens with two attached hydrogens (primary N) is 1. The van der Waals surface area contributed by atoms with Gasteiger partial charge in [-0.2, -0.15) is 0 Å². The van der Waals surface area contributed by atoms with Crippen molar-refractivity contribution in [1.82, 2.24) is 14.5 Å². The van der Waals surface area contributed by atoms with Gasteiger partial charge in [0, 0.05) is 28.7 Å². The van der Waals surface area contributed by atoms with Crippen molar-refractivity contribution in [2.45, 2.75) is 19.8 Å². The number of benzene rings is 1. The Bertz CT molecular complexity index is 758. The Labute approximate surface area is 125 Å². The van der Waals surface area contributed by atoms with Crippen molar-refractivity contribution in [3.05, 3.63) is 47.1 Å². The number of aromatic nitrogens is 3. The van der Waals surface area contributed by atoms with Crippen LogP contribution in [-0.4, -0.2) is 14.5 Å². The highest BCUT2D eigenvalue weighted by atomic mass is 79.9. The summed E-state index contributed by atoms with van der Waals surface area (Å²) in [6.07, 6.45) is 7.45. The van der Waals surface area contributed by atoms with Crippen LogP contribution in [0, 0.1) is 0 Å². The highest BCUT2D eigenvalue weighted by molar-refractivity contribution is 9.10. The van der Waals surface area contributed by atoms with E-state index < -0.39 is 0 Å². The van der Waals surface area contributed by atoms with Gasteiger partial charge in [0.25, 0.3) is 0 Å².